The van der Waals surface area contributed by atoms with Gasteiger partial charge in [-0.2, -0.15) is 11.8 Å². The largest absolute Gasteiger partial charge is 0.468 e. The van der Waals surface area contributed by atoms with E-state index in [1.165, 1.54) is 7.11 Å². The fourth-order valence-electron chi connectivity index (χ4n) is 1.01. The Morgan fingerprint density at radius 2 is 2.07 bits per heavy atom. The number of hydrogen-bond acceptors (Lipinski definition) is 4. The molecule has 0 aliphatic heterocycles. The quantitative estimate of drug-likeness (QED) is 0.714. The zero-order valence-electron chi connectivity index (χ0n) is 9.72. The standard InChI is InChI=1S/C10H21NO2S/c1-10(2,3)14-7-6-8(11-4)9(12)13-5/h8,11H,6-7H2,1-5H3. The van der Waals surface area contributed by atoms with Crippen LogP contribution in [0.4, 0.5) is 0 Å². The minimum atomic E-state index is -0.179. The van der Waals surface area contributed by atoms with Gasteiger partial charge < -0.3 is 10.1 Å². The lowest BCUT2D eigenvalue weighted by atomic mass is 10.2. The highest BCUT2D eigenvalue weighted by Crippen LogP contribution is 2.24. The molecule has 3 nitrogen and oxygen atoms in total. The van der Waals surface area contributed by atoms with E-state index in [1.54, 1.807) is 7.05 Å². The van der Waals surface area contributed by atoms with Gasteiger partial charge in [-0.3, -0.25) is 4.79 Å². The van der Waals surface area contributed by atoms with Gasteiger partial charge in [-0.05, 0) is 19.2 Å². The molecular formula is C10H21NO2S. The van der Waals surface area contributed by atoms with Gasteiger partial charge in [0.15, 0.2) is 0 Å². The monoisotopic (exact) mass is 219 g/mol. The second kappa shape index (κ2) is 6.30. The lowest BCUT2D eigenvalue weighted by Crippen LogP contribution is -2.35. The minimum Gasteiger partial charge on any atom is -0.468 e. The predicted octanol–water partition coefficient (Wildman–Crippen LogP) is 1.67. The summed E-state index contributed by atoms with van der Waals surface area (Å²) in [6, 6.07) is -0.171. The predicted molar refractivity (Wildman–Crippen MR) is 61.7 cm³/mol. The smallest absolute Gasteiger partial charge is 0.322 e. The Bertz CT molecular complexity index is 177. The van der Waals surface area contributed by atoms with Crippen LogP contribution in [0.2, 0.25) is 0 Å². The van der Waals surface area contributed by atoms with E-state index < -0.39 is 0 Å². The molecule has 4 heteroatoms. The molecule has 0 aromatic heterocycles. The third kappa shape index (κ3) is 6.27. The van der Waals surface area contributed by atoms with Gasteiger partial charge in [0.1, 0.15) is 6.04 Å². The van der Waals surface area contributed by atoms with Gasteiger partial charge in [-0.25, -0.2) is 0 Å². The minimum absolute atomic E-state index is 0.171. The summed E-state index contributed by atoms with van der Waals surface area (Å²) >= 11 is 1.86. The van der Waals surface area contributed by atoms with Gasteiger partial charge in [0, 0.05) is 4.75 Å². The molecule has 0 fully saturated rings. The Kier molecular flexibility index (Phi) is 6.20. The molecular weight excluding hydrogens is 198 g/mol. The number of likely N-dealkylation sites (N-methyl/N-ethyl adjacent to an activating group) is 1. The van der Waals surface area contributed by atoms with Crippen LogP contribution in [-0.4, -0.2) is 36.7 Å². The first-order valence-corrected chi connectivity index (χ1v) is 5.78. The van der Waals surface area contributed by atoms with Gasteiger partial charge in [-0.15, -0.1) is 0 Å². The van der Waals surface area contributed by atoms with Crippen molar-refractivity contribution in [3.63, 3.8) is 0 Å². The highest BCUT2D eigenvalue weighted by atomic mass is 32.2. The number of esters is 1. The fourth-order valence-corrected chi connectivity index (χ4v) is 1.97. The number of carbonyl (C=O) groups is 1. The molecule has 0 spiro atoms. The molecule has 0 aromatic carbocycles. The summed E-state index contributed by atoms with van der Waals surface area (Å²) < 4.78 is 4.93. The van der Waals surface area contributed by atoms with Crippen molar-refractivity contribution in [2.75, 3.05) is 19.9 Å². The number of thioether (sulfide) groups is 1. The van der Waals surface area contributed by atoms with Crippen molar-refractivity contribution in [2.24, 2.45) is 0 Å². The van der Waals surface area contributed by atoms with Crippen LogP contribution in [0, 0.1) is 0 Å². The summed E-state index contributed by atoms with van der Waals surface area (Å²) in [7, 11) is 3.20. The van der Waals surface area contributed by atoms with Crippen molar-refractivity contribution in [1.82, 2.24) is 5.32 Å². The first kappa shape index (κ1) is 13.8. The maximum absolute atomic E-state index is 11.2. The number of methoxy groups -OCH3 is 1. The maximum Gasteiger partial charge on any atom is 0.322 e. The van der Waals surface area contributed by atoms with Crippen LogP contribution in [0.3, 0.4) is 0 Å². The molecule has 0 radical (unpaired) electrons. The molecule has 14 heavy (non-hydrogen) atoms. The van der Waals surface area contributed by atoms with E-state index in [-0.39, 0.29) is 16.8 Å². The van der Waals surface area contributed by atoms with Gasteiger partial charge in [0.2, 0.25) is 0 Å². The number of rotatable bonds is 5. The number of nitrogens with one attached hydrogen (secondary N) is 1. The van der Waals surface area contributed by atoms with Gasteiger partial charge >= 0.3 is 5.97 Å². The van der Waals surface area contributed by atoms with E-state index in [1.807, 2.05) is 11.8 Å². The summed E-state index contributed by atoms with van der Waals surface area (Å²) in [6.45, 7) is 6.51. The third-order valence-electron chi connectivity index (χ3n) is 1.78. The van der Waals surface area contributed by atoms with E-state index in [4.69, 9.17) is 0 Å². The molecule has 0 heterocycles. The molecule has 0 bridgehead atoms. The summed E-state index contributed by atoms with van der Waals surface area (Å²) in [5.74, 6) is 0.784. The second-order valence-corrected chi connectivity index (χ2v) is 6.04. The van der Waals surface area contributed by atoms with Crippen LogP contribution in [-0.2, 0) is 9.53 Å². The van der Waals surface area contributed by atoms with Crippen LogP contribution in [0.25, 0.3) is 0 Å². The van der Waals surface area contributed by atoms with Crippen LogP contribution in [0.1, 0.15) is 27.2 Å². The second-order valence-electron chi connectivity index (χ2n) is 4.11. The first-order chi connectivity index (χ1) is 6.40. The van der Waals surface area contributed by atoms with E-state index in [0.717, 1.165) is 12.2 Å². The summed E-state index contributed by atoms with van der Waals surface area (Å²) in [5.41, 5.74) is 0. The van der Waals surface area contributed by atoms with Crippen LogP contribution in [0.5, 0.6) is 0 Å². The van der Waals surface area contributed by atoms with Gasteiger partial charge in [0.05, 0.1) is 7.11 Å². The van der Waals surface area contributed by atoms with Crippen molar-refractivity contribution in [3.05, 3.63) is 0 Å². The molecule has 0 amide bonds. The number of hydrogen-bond donors (Lipinski definition) is 1. The maximum atomic E-state index is 11.2. The van der Waals surface area contributed by atoms with Crippen molar-refractivity contribution < 1.29 is 9.53 Å². The topological polar surface area (TPSA) is 38.3 Å². The molecule has 0 aliphatic carbocycles. The van der Waals surface area contributed by atoms with E-state index in [2.05, 4.69) is 30.8 Å². The zero-order valence-corrected chi connectivity index (χ0v) is 10.5. The van der Waals surface area contributed by atoms with Crippen LogP contribution in [0.15, 0.2) is 0 Å². The van der Waals surface area contributed by atoms with E-state index in [0.29, 0.717) is 0 Å². The molecule has 1 atom stereocenters. The molecule has 0 aromatic rings. The summed E-state index contributed by atoms with van der Waals surface area (Å²) in [5, 5.41) is 2.95. The lowest BCUT2D eigenvalue weighted by Gasteiger charge is -2.19. The molecule has 0 saturated carbocycles. The van der Waals surface area contributed by atoms with Crippen LogP contribution < -0.4 is 5.32 Å². The highest BCUT2D eigenvalue weighted by molar-refractivity contribution is 8.00. The lowest BCUT2D eigenvalue weighted by molar-refractivity contribution is -0.143. The highest BCUT2D eigenvalue weighted by Gasteiger charge is 2.18. The first-order valence-electron chi connectivity index (χ1n) is 4.79. The SMILES string of the molecule is CNC(CCSC(C)(C)C)C(=O)OC. The van der Waals surface area contributed by atoms with E-state index >= 15 is 0 Å². The normalized spacial score (nSPS) is 13.8. The Balaban J connectivity index is 3.80. The van der Waals surface area contributed by atoms with E-state index in [9.17, 15) is 4.79 Å². The van der Waals surface area contributed by atoms with Crippen molar-refractivity contribution >= 4 is 17.7 Å². The number of ether oxygens (including phenoxy) is 1. The summed E-state index contributed by atoms with van der Waals surface area (Å²) in [4.78, 5) is 11.2. The van der Waals surface area contributed by atoms with Crippen LogP contribution >= 0.6 is 11.8 Å². The fraction of sp³-hybridized carbons (Fsp3) is 0.900. The van der Waals surface area contributed by atoms with Crippen molar-refractivity contribution in [3.8, 4) is 0 Å². The number of carbonyl (C=O) groups excluding carboxylic acids is 1. The molecule has 0 rings (SSSR count). The average Bonchev–Trinajstić information content (AvgIpc) is 2.09. The Morgan fingerprint density at radius 3 is 2.43 bits per heavy atom. The van der Waals surface area contributed by atoms with Crippen molar-refractivity contribution in [2.45, 2.75) is 38.0 Å². The molecule has 84 valence electrons. The molecule has 0 aliphatic rings. The third-order valence-corrected chi connectivity index (χ3v) is 3.08. The summed E-state index contributed by atoms with van der Waals surface area (Å²) in [6.07, 6.45) is 0.811. The molecule has 0 saturated heterocycles. The average molecular weight is 219 g/mol. The van der Waals surface area contributed by atoms with Gasteiger partial charge in [0.25, 0.3) is 0 Å². The van der Waals surface area contributed by atoms with Crippen molar-refractivity contribution in [1.29, 1.82) is 0 Å². The Labute approximate surface area is 91.0 Å². The molecule has 1 N–H and O–H groups in total. The Morgan fingerprint density at radius 1 is 1.50 bits per heavy atom. The molecule has 1 unspecified atom stereocenters. The Hall–Kier alpha value is -0.220. The zero-order chi connectivity index (χ0) is 11.2. The van der Waals surface area contributed by atoms with Gasteiger partial charge in [-0.1, -0.05) is 20.8 Å².